The number of hydrogen-bond acceptors (Lipinski definition) is 8. The lowest BCUT2D eigenvalue weighted by molar-refractivity contribution is -0.137. The predicted octanol–water partition coefficient (Wildman–Crippen LogP) is 4.59. The Labute approximate surface area is 307 Å². The monoisotopic (exact) mass is 724 g/mol. The number of carbonyl (C=O) groups excluding carboxylic acids is 6. The number of benzene rings is 2. The third kappa shape index (κ3) is 14.2. The molecule has 0 bridgehead atoms. The maximum Gasteiger partial charge on any atom is 0.407 e. The van der Waals surface area contributed by atoms with Crippen molar-refractivity contribution in [3.63, 3.8) is 0 Å². The van der Waals surface area contributed by atoms with Gasteiger partial charge in [-0.05, 0) is 72.9 Å². The molecule has 0 aromatic heterocycles. The highest BCUT2D eigenvalue weighted by Crippen LogP contribution is 2.16. The zero-order valence-corrected chi connectivity index (χ0v) is 31.7. The van der Waals surface area contributed by atoms with Gasteiger partial charge in [0.2, 0.25) is 23.6 Å². The first kappa shape index (κ1) is 43.0. The zero-order chi connectivity index (χ0) is 38.8. The first-order chi connectivity index (χ1) is 24.7. The molecule has 0 unspecified atom stereocenters. The van der Waals surface area contributed by atoms with Crippen molar-refractivity contribution >= 4 is 47.2 Å². The van der Waals surface area contributed by atoms with Gasteiger partial charge in [0.1, 0.15) is 12.1 Å². The Kier molecular flexibility index (Phi) is 18.2. The molecule has 0 aliphatic rings. The summed E-state index contributed by atoms with van der Waals surface area (Å²) in [4.78, 5) is 78.6. The van der Waals surface area contributed by atoms with Crippen LogP contribution in [0.15, 0.2) is 48.5 Å². The van der Waals surface area contributed by atoms with E-state index in [1.54, 1.807) is 0 Å². The fourth-order valence-electron chi connectivity index (χ4n) is 5.41. The summed E-state index contributed by atoms with van der Waals surface area (Å²) in [6, 6.07) is 13.4. The van der Waals surface area contributed by atoms with Crippen molar-refractivity contribution < 1.29 is 38.2 Å². The second-order valence-electron chi connectivity index (χ2n) is 13.2. The van der Waals surface area contributed by atoms with Gasteiger partial charge in [0, 0.05) is 24.5 Å². The molecule has 2 atom stereocenters. The van der Waals surface area contributed by atoms with Gasteiger partial charge < -0.3 is 40.5 Å². The summed E-state index contributed by atoms with van der Waals surface area (Å²) in [6.07, 6.45) is 1.37. The smallest absolute Gasteiger partial charge is 0.407 e. The number of methoxy groups -OCH3 is 2. The van der Waals surface area contributed by atoms with Gasteiger partial charge >= 0.3 is 12.2 Å². The van der Waals surface area contributed by atoms with Crippen LogP contribution < -0.4 is 21.3 Å². The molecule has 6 amide bonds. The number of aryl methyl sites for hydroxylation is 2. The molecule has 0 fully saturated rings. The van der Waals surface area contributed by atoms with E-state index >= 15 is 0 Å². The molecule has 0 radical (unpaired) electrons. The van der Waals surface area contributed by atoms with Crippen molar-refractivity contribution in [3.8, 4) is 0 Å². The second kappa shape index (κ2) is 21.9. The standard InChI is InChI=1S/C38H56N6O8/c1-9-21-43(35(47)33(25(3)4)41-37(49)51-7)23-31(45)39-29-17-13-27(14-18-29)11-12-28-15-19-30(20-16-28)40-32(46)24-44(22-10-2)36(48)34(26(5)6)42-38(50)52-8/h13-20,25-26,33-34H,9-12,21-24H2,1-8H3,(H,39,45)(H,40,46)(H,41,49)(H,42,50)/t33-,34-/m0/s1. The second-order valence-corrected chi connectivity index (χ2v) is 13.2. The minimum Gasteiger partial charge on any atom is -0.453 e. The highest BCUT2D eigenvalue weighted by atomic mass is 16.5. The van der Waals surface area contributed by atoms with Crippen LogP contribution in [0, 0.1) is 11.8 Å². The fourth-order valence-corrected chi connectivity index (χ4v) is 5.41. The molecule has 0 saturated heterocycles. The molecule has 0 spiro atoms. The van der Waals surface area contributed by atoms with Gasteiger partial charge in [-0.25, -0.2) is 9.59 Å². The number of carbonyl (C=O) groups is 6. The molecule has 0 saturated carbocycles. The Morgan fingerprint density at radius 1 is 0.577 bits per heavy atom. The zero-order valence-electron chi connectivity index (χ0n) is 31.7. The van der Waals surface area contributed by atoms with Crippen molar-refractivity contribution in [2.24, 2.45) is 11.8 Å². The van der Waals surface area contributed by atoms with Crippen LogP contribution in [-0.4, -0.2) is 98.1 Å². The fraction of sp³-hybridized carbons (Fsp3) is 0.526. The average Bonchev–Trinajstić information content (AvgIpc) is 3.11. The molecule has 14 nitrogen and oxygen atoms in total. The summed E-state index contributed by atoms with van der Waals surface area (Å²) >= 11 is 0. The molecule has 2 aromatic carbocycles. The number of anilines is 2. The highest BCUT2D eigenvalue weighted by Gasteiger charge is 2.31. The van der Waals surface area contributed by atoms with Crippen LogP contribution in [0.25, 0.3) is 0 Å². The molecular formula is C38H56N6O8. The van der Waals surface area contributed by atoms with Gasteiger partial charge in [-0.1, -0.05) is 65.8 Å². The van der Waals surface area contributed by atoms with E-state index < -0.39 is 24.3 Å². The first-order valence-corrected chi connectivity index (χ1v) is 17.8. The Morgan fingerprint density at radius 3 is 1.17 bits per heavy atom. The van der Waals surface area contributed by atoms with E-state index in [-0.39, 0.29) is 48.6 Å². The number of nitrogens with zero attached hydrogens (tertiary/aromatic N) is 2. The molecule has 0 aliphatic carbocycles. The predicted molar refractivity (Wildman–Crippen MR) is 200 cm³/mol. The van der Waals surface area contributed by atoms with Gasteiger partial charge in [0.25, 0.3) is 0 Å². The maximum absolute atomic E-state index is 13.2. The van der Waals surface area contributed by atoms with Crippen molar-refractivity contribution in [1.29, 1.82) is 0 Å². The lowest BCUT2D eigenvalue weighted by Crippen LogP contribution is -2.52. The molecule has 0 aliphatic heterocycles. The largest absolute Gasteiger partial charge is 0.453 e. The summed E-state index contributed by atoms with van der Waals surface area (Å²) in [7, 11) is 2.46. The number of alkyl carbamates (subject to hydrolysis) is 2. The van der Waals surface area contributed by atoms with Crippen molar-refractivity contribution in [3.05, 3.63) is 59.7 Å². The molecule has 52 heavy (non-hydrogen) atoms. The van der Waals surface area contributed by atoms with E-state index in [4.69, 9.17) is 0 Å². The van der Waals surface area contributed by atoms with Gasteiger partial charge in [-0.2, -0.15) is 0 Å². The molecule has 2 aromatic rings. The number of hydrogen-bond donors (Lipinski definition) is 4. The van der Waals surface area contributed by atoms with Gasteiger partial charge in [0.05, 0.1) is 27.3 Å². The average molecular weight is 725 g/mol. The van der Waals surface area contributed by atoms with E-state index in [0.29, 0.717) is 37.3 Å². The van der Waals surface area contributed by atoms with Crippen LogP contribution in [0.4, 0.5) is 21.0 Å². The highest BCUT2D eigenvalue weighted by molar-refractivity contribution is 5.97. The third-order valence-corrected chi connectivity index (χ3v) is 8.24. The number of rotatable bonds is 19. The van der Waals surface area contributed by atoms with Crippen LogP contribution in [-0.2, 0) is 41.5 Å². The Bertz CT molecular complexity index is 1370. The summed E-state index contributed by atoms with van der Waals surface area (Å²) in [5, 5.41) is 10.8. The molecule has 4 N–H and O–H groups in total. The van der Waals surface area contributed by atoms with Crippen LogP contribution in [0.3, 0.4) is 0 Å². The summed E-state index contributed by atoms with van der Waals surface area (Å²) in [5.41, 5.74) is 3.33. The lowest BCUT2D eigenvalue weighted by Gasteiger charge is -2.29. The van der Waals surface area contributed by atoms with Crippen LogP contribution in [0.5, 0.6) is 0 Å². The SMILES string of the molecule is CCCN(CC(=O)Nc1ccc(CCc2ccc(NC(=O)CN(CCC)C(=O)[C@@H](NC(=O)OC)C(C)C)cc2)cc1)C(=O)[C@@H](NC(=O)OC)C(C)C. The molecule has 0 heterocycles. The van der Waals surface area contributed by atoms with E-state index in [2.05, 4.69) is 30.7 Å². The summed E-state index contributed by atoms with van der Waals surface area (Å²) < 4.78 is 9.32. The minimum atomic E-state index is -0.818. The van der Waals surface area contributed by atoms with E-state index in [1.165, 1.54) is 24.0 Å². The quantitative estimate of drug-likeness (QED) is 0.163. The van der Waals surface area contributed by atoms with Gasteiger partial charge in [0.15, 0.2) is 0 Å². The minimum absolute atomic E-state index is 0.154. The number of ether oxygens (including phenoxy) is 2. The van der Waals surface area contributed by atoms with Gasteiger partial charge in [-0.3, -0.25) is 19.2 Å². The van der Waals surface area contributed by atoms with Crippen LogP contribution in [0.1, 0.15) is 65.5 Å². The Morgan fingerprint density at radius 2 is 0.904 bits per heavy atom. The lowest BCUT2D eigenvalue weighted by atomic mass is 10.0. The number of nitrogens with one attached hydrogen (secondary N) is 4. The molecule has 2 rings (SSSR count). The Balaban J connectivity index is 1.93. The van der Waals surface area contributed by atoms with Crippen molar-refractivity contribution in [2.45, 2.75) is 79.3 Å². The van der Waals surface area contributed by atoms with E-state index in [0.717, 1.165) is 24.0 Å². The summed E-state index contributed by atoms with van der Waals surface area (Å²) in [6.45, 7) is 11.5. The topological polar surface area (TPSA) is 175 Å². The Hall–Kier alpha value is -5.14. The first-order valence-electron chi connectivity index (χ1n) is 17.8. The third-order valence-electron chi connectivity index (χ3n) is 8.24. The van der Waals surface area contributed by atoms with Gasteiger partial charge in [-0.15, -0.1) is 0 Å². The molecule has 286 valence electrons. The van der Waals surface area contributed by atoms with E-state index in [9.17, 15) is 28.8 Å². The molecular weight excluding hydrogens is 668 g/mol. The van der Waals surface area contributed by atoms with Crippen molar-refractivity contribution in [2.75, 3.05) is 51.0 Å². The van der Waals surface area contributed by atoms with E-state index in [1.807, 2.05) is 90.1 Å². The van der Waals surface area contributed by atoms with Crippen molar-refractivity contribution in [1.82, 2.24) is 20.4 Å². The molecule has 14 heteroatoms. The maximum atomic E-state index is 13.2. The summed E-state index contributed by atoms with van der Waals surface area (Å²) in [5.74, 6) is -1.79. The normalized spacial score (nSPS) is 12.0. The number of amides is 6. The van der Waals surface area contributed by atoms with Crippen LogP contribution >= 0.6 is 0 Å². The van der Waals surface area contributed by atoms with Crippen LogP contribution in [0.2, 0.25) is 0 Å².